The lowest BCUT2D eigenvalue weighted by Gasteiger charge is -2.20. The first-order chi connectivity index (χ1) is 10.4. The molecule has 110 valence electrons. The Hall–Kier alpha value is -2.50. The van der Waals surface area contributed by atoms with Crippen molar-refractivity contribution in [3.05, 3.63) is 70.2 Å². The first-order valence-electron chi connectivity index (χ1n) is 6.42. The van der Waals surface area contributed by atoms with Gasteiger partial charge in [-0.1, -0.05) is 35.9 Å². The number of benzene rings is 2. The normalized spacial score (nSPS) is 15.5. The molecule has 2 aromatic carbocycles. The summed E-state index contributed by atoms with van der Waals surface area (Å²) in [6, 6.07) is 11.9. The van der Waals surface area contributed by atoms with Crippen LogP contribution in [0.2, 0.25) is 5.02 Å². The van der Waals surface area contributed by atoms with Crippen LogP contribution in [-0.4, -0.2) is 28.3 Å². The lowest BCUT2D eigenvalue weighted by atomic mass is 10.1. The first-order valence-corrected chi connectivity index (χ1v) is 6.80. The Balaban J connectivity index is 1.92. The van der Waals surface area contributed by atoms with Gasteiger partial charge in [-0.15, -0.1) is 0 Å². The second kappa shape index (κ2) is 5.05. The predicted molar refractivity (Wildman–Crippen MR) is 79.0 cm³/mol. The molecule has 0 saturated heterocycles. The fourth-order valence-corrected chi connectivity index (χ4v) is 2.45. The molecular formula is C16H10ClNO4. The van der Waals surface area contributed by atoms with Gasteiger partial charge in [0, 0.05) is 21.7 Å². The van der Waals surface area contributed by atoms with E-state index >= 15 is 0 Å². The Bertz CT molecular complexity index is 763. The maximum atomic E-state index is 12.2. The smallest absolute Gasteiger partial charge is 0.268 e. The Kier molecular flexibility index (Phi) is 3.31. The van der Waals surface area contributed by atoms with E-state index < -0.39 is 23.2 Å². The molecule has 0 aromatic heterocycles. The minimum Gasteiger partial charge on any atom is -0.358 e. The molecule has 2 aromatic rings. The van der Waals surface area contributed by atoms with Crippen LogP contribution >= 0.6 is 11.6 Å². The number of nitrogens with one attached hydrogen (secondary N) is 1. The molecule has 5 nitrogen and oxygen atoms in total. The number of rotatable bonds is 2. The SMILES string of the molecule is O=C(NC1(O)C(=O)c2ccccc2C1=O)c1ccc(Cl)cc1. The third-order valence-electron chi connectivity index (χ3n) is 3.47. The van der Waals surface area contributed by atoms with Gasteiger partial charge in [-0.3, -0.25) is 14.4 Å². The molecule has 0 fully saturated rings. The third kappa shape index (κ3) is 2.11. The molecule has 22 heavy (non-hydrogen) atoms. The van der Waals surface area contributed by atoms with Crippen molar-refractivity contribution in [1.29, 1.82) is 0 Å². The van der Waals surface area contributed by atoms with Gasteiger partial charge in [-0.05, 0) is 24.3 Å². The molecule has 6 heteroatoms. The van der Waals surface area contributed by atoms with Crippen molar-refractivity contribution < 1.29 is 19.5 Å². The van der Waals surface area contributed by atoms with E-state index in [0.717, 1.165) is 0 Å². The molecule has 0 radical (unpaired) electrons. The molecule has 2 N–H and O–H groups in total. The van der Waals surface area contributed by atoms with E-state index in [4.69, 9.17) is 11.6 Å². The van der Waals surface area contributed by atoms with E-state index in [-0.39, 0.29) is 16.7 Å². The Morgan fingerprint density at radius 3 is 1.95 bits per heavy atom. The highest BCUT2D eigenvalue weighted by molar-refractivity contribution is 6.33. The zero-order chi connectivity index (χ0) is 15.9. The van der Waals surface area contributed by atoms with Crippen molar-refractivity contribution in [2.75, 3.05) is 0 Å². The van der Waals surface area contributed by atoms with Crippen LogP contribution in [0.4, 0.5) is 0 Å². The number of halogens is 1. The number of hydrogen-bond acceptors (Lipinski definition) is 4. The molecule has 0 atom stereocenters. The number of carbonyl (C=O) groups excluding carboxylic acids is 3. The molecule has 3 rings (SSSR count). The lowest BCUT2D eigenvalue weighted by molar-refractivity contribution is 0.0192. The summed E-state index contributed by atoms with van der Waals surface area (Å²) < 4.78 is 0. The van der Waals surface area contributed by atoms with E-state index in [2.05, 4.69) is 5.32 Å². The zero-order valence-electron chi connectivity index (χ0n) is 11.2. The van der Waals surface area contributed by atoms with Crippen LogP contribution in [-0.2, 0) is 0 Å². The van der Waals surface area contributed by atoms with Crippen molar-refractivity contribution in [2.24, 2.45) is 0 Å². The van der Waals surface area contributed by atoms with Gasteiger partial charge in [0.25, 0.3) is 11.6 Å². The number of ketones is 2. The second-order valence-electron chi connectivity index (χ2n) is 4.88. The van der Waals surface area contributed by atoms with Crippen LogP contribution < -0.4 is 5.32 Å². The number of carbonyl (C=O) groups is 3. The Morgan fingerprint density at radius 1 is 0.955 bits per heavy atom. The minimum atomic E-state index is -2.57. The second-order valence-corrected chi connectivity index (χ2v) is 5.31. The monoisotopic (exact) mass is 315 g/mol. The highest BCUT2D eigenvalue weighted by Crippen LogP contribution is 2.28. The summed E-state index contributed by atoms with van der Waals surface area (Å²) in [6.07, 6.45) is 0. The highest BCUT2D eigenvalue weighted by atomic mass is 35.5. The average Bonchev–Trinajstić information content (AvgIpc) is 2.70. The van der Waals surface area contributed by atoms with Crippen LogP contribution in [0, 0.1) is 0 Å². The van der Waals surface area contributed by atoms with Gasteiger partial charge >= 0.3 is 0 Å². The number of Topliss-reactive ketones (excluding diaryl/α,β-unsaturated/α-hetero) is 2. The molecule has 1 aliphatic rings. The van der Waals surface area contributed by atoms with Crippen molar-refractivity contribution in [1.82, 2.24) is 5.32 Å². The van der Waals surface area contributed by atoms with Gasteiger partial charge in [0.1, 0.15) is 0 Å². The molecule has 0 aliphatic heterocycles. The summed E-state index contributed by atoms with van der Waals surface area (Å²) in [6.45, 7) is 0. The first kappa shape index (κ1) is 14.4. The summed E-state index contributed by atoms with van der Waals surface area (Å²) in [4.78, 5) is 36.6. The van der Waals surface area contributed by atoms with Gasteiger partial charge < -0.3 is 10.4 Å². The van der Waals surface area contributed by atoms with Crippen LogP contribution in [0.25, 0.3) is 0 Å². The van der Waals surface area contributed by atoms with Crippen molar-refractivity contribution in [2.45, 2.75) is 5.72 Å². The summed E-state index contributed by atoms with van der Waals surface area (Å²) in [7, 11) is 0. The quantitative estimate of drug-likeness (QED) is 0.654. The largest absolute Gasteiger partial charge is 0.358 e. The zero-order valence-corrected chi connectivity index (χ0v) is 11.9. The van der Waals surface area contributed by atoms with Gasteiger partial charge in [-0.25, -0.2) is 0 Å². The van der Waals surface area contributed by atoms with Gasteiger partial charge in [0.15, 0.2) is 0 Å². The number of fused-ring (bicyclic) bond motifs is 1. The number of aliphatic hydroxyl groups is 1. The van der Waals surface area contributed by atoms with Crippen LogP contribution in [0.15, 0.2) is 48.5 Å². The van der Waals surface area contributed by atoms with E-state index in [1.54, 1.807) is 12.1 Å². The van der Waals surface area contributed by atoms with Gasteiger partial charge in [0.05, 0.1) is 0 Å². The fourth-order valence-electron chi connectivity index (χ4n) is 2.32. The van der Waals surface area contributed by atoms with Gasteiger partial charge in [-0.2, -0.15) is 0 Å². The van der Waals surface area contributed by atoms with Crippen LogP contribution in [0.3, 0.4) is 0 Å². The summed E-state index contributed by atoms with van der Waals surface area (Å²) in [5.41, 5.74) is -2.22. The van der Waals surface area contributed by atoms with E-state index in [1.165, 1.54) is 36.4 Å². The standard InChI is InChI=1S/C16H10ClNO4/c17-10-7-5-9(6-8-10)15(21)18-16(22)13(19)11-3-1-2-4-12(11)14(16)20/h1-8,22H,(H,18,21). The van der Waals surface area contributed by atoms with E-state index in [0.29, 0.717) is 5.02 Å². The Morgan fingerprint density at radius 2 is 1.45 bits per heavy atom. The van der Waals surface area contributed by atoms with Crippen LogP contribution in [0.1, 0.15) is 31.1 Å². The summed E-state index contributed by atoms with van der Waals surface area (Å²) in [5, 5.41) is 12.9. The predicted octanol–water partition coefficient (Wildman–Crippen LogP) is 1.84. The molecule has 0 unspecified atom stereocenters. The Labute approximate surface area is 130 Å². The molecular weight excluding hydrogens is 306 g/mol. The topological polar surface area (TPSA) is 83.5 Å². The summed E-state index contributed by atoms with van der Waals surface area (Å²) >= 11 is 5.73. The number of hydrogen-bond donors (Lipinski definition) is 2. The van der Waals surface area contributed by atoms with E-state index in [9.17, 15) is 19.5 Å². The van der Waals surface area contributed by atoms with E-state index in [1.807, 2.05) is 0 Å². The maximum absolute atomic E-state index is 12.2. The third-order valence-corrected chi connectivity index (χ3v) is 3.73. The molecule has 0 bridgehead atoms. The average molecular weight is 316 g/mol. The fraction of sp³-hybridized carbons (Fsp3) is 0.0625. The molecule has 0 spiro atoms. The van der Waals surface area contributed by atoms with Gasteiger partial charge in [0.2, 0.25) is 11.6 Å². The lowest BCUT2D eigenvalue weighted by Crippen LogP contribution is -2.56. The van der Waals surface area contributed by atoms with Crippen molar-refractivity contribution >= 4 is 29.1 Å². The molecule has 1 aliphatic carbocycles. The maximum Gasteiger partial charge on any atom is 0.268 e. The highest BCUT2D eigenvalue weighted by Gasteiger charge is 2.53. The van der Waals surface area contributed by atoms with Crippen molar-refractivity contribution in [3.63, 3.8) is 0 Å². The molecule has 1 amide bonds. The minimum absolute atomic E-state index is 0.0893. The number of amides is 1. The van der Waals surface area contributed by atoms with Crippen molar-refractivity contribution in [3.8, 4) is 0 Å². The molecule has 0 saturated carbocycles. The summed E-state index contributed by atoms with van der Waals surface area (Å²) in [5.74, 6) is -2.42. The molecule has 0 heterocycles. The van der Waals surface area contributed by atoms with Crippen LogP contribution in [0.5, 0.6) is 0 Å².